The third-order valence-corrected chi connectivity index (χ3v) is 6.39. The highest BCUT2D eigenvalue weighted by molar-refractivity contribution is 6.31. The molecule has 3 aromatic rings. The monoisotopic (exact) mass is 477 g/mol. The fourth-order valence-electron chi connectivity index (χ4n) is 4.17. The molecule has 34 heavy (non-hydrogen) atoms. The SMILES string of the molecule is Clc1ccccc1COc1ccccc1C=NNc1nc(N2CCCC2)nc(N2CCCC2)n1. The van der Waals surface area contributed by atoms with Crippen LogP contribution >= 0.6 is 11.6 Å². The van der Waals surface area contributed by atoms with E-state index in [1.165, 1.54) is 0 Å². The van der Waals surface area contributed by atoms with Gasteiger partial charge in [0.25, 0.3) is 0 Å². The molecule has 2 aliphatic heterocycles. The van der Waals surface area contributed by atoms with Crippen molar-refractivity contribution in [1.82, 2.24) is 15.0 Å². The molecule has 8 nitrogen and oxygen atoms in total. The lowest BCUT2D eigenvalue weighted by Gasteiger charge is -2.20. The molecule has 2 fully saturated rings. The van der Waals surface area contributed by atoms with Gasteiger partial charge in [-0.1, -0.05) is 41.9 Å². The Morgan fingerprint density at radius 2 is 1.47 bits per heavy atom. The minimum absolute atomic E-state index is 0.379. The Kier molecular flexibility index (Phi) is 7.05. The smallest absolute Gasteiger partial charge is 0.250 e. The molecule has 0 saturated carbocycles. The zero-order valence-corrected chi connectivity index (χ0v) is 19.8. The fourth-order valence-corrected chi connectivity index (χ4v) is 4.36. The summed E-state index contributed by atoms with van der Waals surface area (Å²) in [6, 6.07) is 15.4. The molecule has 3 heterocycles. The van der Waals surface area contributed by atoms with Crippen LogP contribution in [0.5, 0.6) is 5.75 Å². The Bertz CT molecular complexity index is 1110. The van der Waals surface area contributed by atoms with E-state index < -0.39 is 0 Å². The van der Waals surface area contributed by atoms with Crippen LogP contribution in [0.1, 0.15) is 36.8 Å². The van der Waals surface area contributed by atoms with Gasteiger partial charge >= 0.3 is 0 Å². The average Bonchev–Trinajstić information content (AvgIpc) is 3.59. The first-order chi connectivity index (χ1) is 16.8. The predicted molar refractivity (Wildman–Crippen MR) is 136 cm³/mol. The van der Waals surface area contributed by atoms with E-state index in [1.807, 2.05) is 48.5 Å². The number of ether oxygens (including phenoxy) is 1. The van der Waals surface area contributed by atoms with Crippen molar-refractivity contribution in [2.75, 3.05) is 41.4 Å². The van der Waals surface area contributed by atoms with Crippen LogP contribution < -0.4 is 20.0 Å². The summed E-state index contributed by atoms with van der Waals surface area (Å²) in [4.78, 5) is 18.4. The number of benzene rings is 2. The van der Waals surface area contributed by atoms with E-state index in [0.717, 1.165) is 80.6 Å². The topological polar surface area (TPSA) is 78.8 Å². The first-order valence-corrected chi connectivity index (χ1v) is 12.1. The lowest BCUT2D eigenvalue weighted by molar-refractivity contribution is 0.306. The first-order valence-electron chi connectivity index (χ1n) is 11.8. The normalized spacial score (nSPS) is 15.9. The Morgan fingerprint density at radius 1 is 0.853 bits per heavy atom. The molecule has 0 spiro atoms. The van der Waals surface area contributed by atoms with Gasteiger partial charge < -0.3 is 14.5 Å². The van der Waals surface area contributed by atoms with Gasteiger partial charge in [-0.25, -0.2) is 5.43 Å². The Hall–Kier alpha value is -3.39. The standard InChI is InChI=1S/C25H28ClN7O/c26-21-11-3-1-10-20(21)18-34-22-12-4-2-9-19(22)17-27-31-23-28-24(32-13-5-6-14-32)30-25(29-23)33-15-7-8-16-33/h1-4,9-12,17H,5-8,13-16,18H2,(H,28,29,30,31). The van der Waals surface area contributed by atoms with Crippen LogP contribution in [0.25, 0.3) is 0 Å². The summed E-state index contributed by atoms with van der Waals surface area (Å²) in [6.45, 7) is 4.28. The fraction of sp³-hybridized carbons (Fsp3) is 0.360. The molecule has 0 bridgehead atoms. The number of nitrogens with zero attached hydrogens (tertiary/aromatic N) is 6. The van der Waals surface area contributed by atoms with E-state index in [4.69, 9.17) is 21.3 Å². The molecule has 0 aliphatic carbocycles. The second-order valence-corrected chi connectivity index (χ2v) is 8.84. The summed E-state index contributed by atoms with van der Waals surface area (Å²) in [5, 5.41) is 5.10. The lowest BCUT2D eigenvalue weighted by atomic mass is 10.2. The van der Waals surface area contributed by atoms with E-state index in [-0.39, 0.29) is 0 Å². The number of anilines is 3. The molecule has 2 aromatic carbocycles. The number of hydrogen-bond donors (Lipinski definition) is 1. The van der Waals surface area contributed by atoms with Crippen molar-refractivity contribution in [3.8, 4) is 5.75 Å². The van der Waals surface area contributed by atoms with Gasteiger partial charge in [-0.05, 0) is 43.9 Å². The molecule has 1 N–H and O–H groups in total. The summed E-state index contributed by atoms with van der Waals surface area (Å²) in [7, 11) is 0. The molecular formula is C25H28ClN7O. The average molecular weight is 478 g/mol. The number of para-hydroxylation sites is 1. The first kappa shape index (κ1) is 22.4. The van der Waals surface area contributed by atoms with Crippen LogP contribution in [0.4, 0.5) is 17.8 Å². The number of hydrogen-bond acceptors (Lipinski definition) is 8. The number of rotatable bonds is 8. The van der Waals surface area contributed by atoms with Gasteiger partial charge in [0, 0.05) is 42.3 Å². The molecule has 0 unspecified atom stereocenters. The van der Waals surface area contributed by atoms with Crippen molar-refractivity contribution in [2.45, 2.75) is 32.3 Å². The minimum atomic E-state index is 0.379. The second-order valence-electron chi connectivity index (χ2n) is 8.44. The molecule has 1 aromatic heterocycles. The highest BCUT2D eigenvalue weighted by Crippen LogP contribution is 2.24. The maximum absolute atomic E-state index is 6.26. The van der Waals surface area contributed by atoms with E-state index >= 15 is 0 Å². The van der Waals surface area contributed by atoms with Crippen LogP contribution in [0.3, 0.4) is 0 Å². The van der Waals surface area contributed by atoms with Crippen molar-refractivity contribution in [3.63, 3.8) is 0 Å². The van der Waals surface area contributed by atoms with Crippen LogP contribution in [0.15, 0.2) is 53.6 Å². The van der Waals surface area contributed by atoms with Crippen LogP contribution in [-0.2, 0) is 6.61 Å². The quantitative estimate of drug-likeness (QED) is 0.370. The van der Waals surface area contributed by atoms with E-state index in [2.05, 4.69) is 30.3 Å². The maximum atomic E-state index is 6.26. The number of aromatic nitrogens is 3. The molecule has 5 rings (SSSR count). The highest BCUT2D eigenvalue weighted by Gasteiger charge is 2.21. The molecule has 0 radical (unpaired) electrons. The van der Waals surface area contributed by atoms with Gasteiger partial charge in [0.1, 0.15) is 12.4 Å². The summed E-state index contributed by atoms with van der Waals surface area (Å²) in [6.07, 6.45) is 6.37. The van der Waals surface area contributed by atoms with Crippen molar-refractivity contribution in [3.05, 3.63) is 64.7 Å². The predicted octanol–water partition coefficient (Wildman–Crippen LogP) is 4.75. The summed E-state index contributed by atoms with van der Waals surface area (Å²) >= 11 is 6.26. The Labute approximate surface area is 204 Å². The van der Waals surface area contributed by atoms with E-state index in [0.29, 0.717) is 17.6 Å². The lowest BCUT2D eigenvalue weighted by Crippen LogP contribution is -2.25. The summed E-state index contributed by atoms with van der Waals surface area (Å²) < 4.78 is 6.02. The number of nitrogens with one attached hydrogen (secondary N) is 1. The maximum Gasteiger partial charge on any atom is 0.250 e. The zero-order chi connectivity index (χ0) is 23.2. The Balaban J connectivity index is 1.31. The van der Waals surface area contributed by atoms with Gasteiger partial charge in [-0.2, -0.15) is 20.1 Å². The Morgan fingerprint density at radius 3 is 2.15 bits per heavy atom. The van der Waals surface area contributed by atoms with Gasteiger partial charge in [0.15, 0.2) is 0 Å². The number of halogens is 1. The van der Waals surface area contributed by atoms with Gasteiger partial charge in [0.05, 0.1) is 6.21 Å². The van der Waals surface area contributed by atoms with Crippen molar-refractivity contribution < 1.29 is 4.74 Å². The molecule has 9 heteroatoms. The highest BCUT2D eigenvalue weighted by atomic mass is 35.5. The second kappa shape index (κ2) is 10.7. The molecule has 2 saturated heterocycles. The van der Waals surface area contributed by atoms with Crippen LogP contribution in [-0.4, -0.2) is 47.3 Å². The van der Waals surface area contributed by atoms with E-state index in [1.54, 1.807) is 6.21 Å². The zero-order valence-electron chi connectivity index (χ0n) is 19.0. The van der Waals surface area contributed by atoms with E-state index in [9.17, 15) is 0 Å². The number of hydrazone groups is 1. The molecule has 0 amide bonds. The third-order valence-electron chi connectivity index (χ3n) is 6.02. The van der Waals surface area contributed by atoms with Gasteiger partial charge in [-0.15, -0.1) is 0 Å². The molecule has 176 valence electrons. The van der Waals surface area contributed by atoms with Crippen molar-refractivity contribution in [1.29, 1.82) is 0 Å². The third kappa shape index (κ3) is 5.39. The largest absolute Gasteiger partial charge is 0.488 e. The summed E-state index contributed by atoms with van der Waals surface area (Å²) in [5.41, 5.74) is 4.78. The van der Waals surface area contributed by atoms with Gasteiger partial charge in [0.2, 0.25) is 17.8 Å². The van der Waals surface area contributed by atoms with Crippen LogP contribution in [0, 0.1) is 0 Å². The molecule has 0 atom stereocenters. The van der Waals surface area contributed by atoms with Crippen molar-refractivity contribution in [2.24, 2.45) is 5.10 Å². The molecule has 2 aliphatic rings. The summed E-state index contributed by atoms with van der Waals surface area (Å²) in [5.74, 6) is 2.61. The van der Waals surface area contributed by atoms with Crippen molar-refractivity contribution >= 4 is 35.7 Å². The van der Waals surface area contributed by atoms with Crippen LogP contribution in [0.2, 0.25) is 5.02 Å². The molecular weight excluding hydrogens is 450 g/mol. The van der Waals surface area contributed by atoms with Gasteiger partial charge in [-0.3, -0.25) is 0 Å². The minimum Gasteiger partial charge on any atom is -0.488 e.